The minimum Gasteiger partial charge on any atom is -0.497 e. The number of fused-ring (bicyclic) bond motifs is 1. The third-order valence-electron chi connectivity index (χ3n) is 6.56. The summed E-state index contributed by atoms with van der Waals surface area (Å²) in [4.78, 5) is 13.9. The number of benzene rings is 3. The van der Waals surface area contributed by atoms with Crippen LogP contribution >= 0.6 is 0 Å². The summed E-state index contributed by atoms with van der Waals surface area (Å²) < 4.78 is 5.02. The lowest BCUT2D eigenvalue weighted by Crippen LogP contribution is -2.25. The van der Waals surface area contributed by atoms with Gasteiger partial charge < -0.3 is 15.0 Å². The van der Waals surface area contributed by atoms with E-state index < -0.39 is 0 Å². The largest absolute Gasteiger partial charge is 0.497 e. The maximum atomic E-state index is 11.4. The highest BCUT2D eigenvalue weighted by Crippen LogP contribution is 2.30. The molecule has 0 radical (unpaired) electrons. The lowest BCUT2D eigenvalue weighted by atomic mass is 10.1. The molecule has 1 heterocycles. The van der Waals surface area contributed by atoms with Gasteiger partial charge in [-0.2, -0.15) is 5.10 Å². The second kappa shape index (κ2) is 15.6. The quantitative estimate of drug-likeness (QED) is 0.217. The number of H-pyrrole nitrogens is 1. The molecule has 1 fully saturated rings. The monoisotopic (exact) mass is 528 g/mol. The summed E-state index contributed by atoms with van der Waals surface area (Å²) in [6, 6.07) is 24.5. The molecule has 6 heteroatoms. The van der Waals surface area contributed by atoms with Crippen LogP contribution in [0.3, 0.4) is 0 Å². The number of ether oxygens (including phenoxy) is 1. The molecular formula is C33H44N4O2. The average Bonchev–Trinajstić information content (AvgIpc) is 3.76. The van der Waals surface area contributed by atoms with Crippen molar-refractivity contribution < 1.29 is 9.53 Å². The number of amides is 1. The Labute approximate surface area is 233 Å². The second-order valence-corrected chi connectivity index (χ2v) is 9.50. The molecule has 4 aromatic rings. The van der Waals surface area contributed by atoms with Crippen molar-refractivity contribution in [2.45, 2.75) is 59.8 Å². The van der Waals surface area contributed by atoms with Gasteiger partial charge in [-0.25, -0.2) is 0 Å². The normalized spacial score (nSPS) is 12.0. The van der Waals surface area contributed by atoms with Crippen LogP contribution in [0.15, 0.2) is 72.8 Å². The molecule has 1 aromatic heterocycles. The molecule has 6 nitrogen and oxygen atoms in total. The Morgan fingerprint density at radius 1 is 0.949 bits per heavy atom. The van der Waals surface area contributed by atoms with E-state index in [-0.39, 0.29) is 11.8 Å². The van der Waals surface area contributed by atoms with E-state index in [1.165, 1.54) is 30.3 Å². The van der Waals surface area contributed by atoms with Gasteiger partial charge in [0.15, 0.2) is 0 Å². The number of hydrogen-bond acceptors (Lipinski definition) is 4. The molecule has 1 aliphatic carbocycles. The van der Waals surface area contributed by atoms with Gasteiger partial charge in [0.1, 0.15) is 5.75 Å². The molecule has 0 spiro atoms. The Morgan fingerprint density at radius 3 is 2.26 bits per heavy atom. The number of rotatable bonds is 10. The average molecular weight is 529 g/mol. The van der Waals surface area contributed by atoms with Crippen molar-refractivity contribution in [3.8, 4) is 17.0 Å². The van der Waals surface area contributed by atoms with E-state index in [4.69, 9.17) is 4.74 Å². The number of carbonyl (C=O) groups is 1. The van der Waals surface area contributed by atoms with Crippen molar-refractivity contribution in [1.82, 2.24) is 10.2 Å². The van der Waals surface area contributed by atoms with Gasteiger partial charge in [0, 0.05) is 41.3 Å². The number of anilines is 2. The zero-order chi connectivity index (χ0) is 28.0. The zero-order valence-electron chi connectivity index (χ0n) is 24.2. The number of para-hydroxylation sites is 1. The zero-order valence-corrected chi connectivity index (χ0v) is 24.2. The van der Waals surface area contributed by atoms with Gasteiger partial charge in [0.25, 0.3) is 0 Å². The number of hydrogen-bond donors (Lipinski definition) is 2. The van der Waals surface area contributed by atoms with Crippen LogP contribution in [0.2, 0.25) is 0 Å². The van der Waals surface area contributed by atoms with Crippen LogP contribution in [0.4, 0.5) is 11.4 Å². The standard InChI is InChI=1S/C20H25N3.C11H13NO2.C2H6/c1-3-5-15-23(14-4-2)17-12-10-16(11-13-17)20-18-8-6-7-9-19(18)21-22-20;1-14-10-6-4-9(5-7-10)12-11(13)8-2-3-8;1-2/h6-13H,3-5,14-15H2,1-2H3,(H,21,22);4-8H,2-3H2,1H3,(H,12,13);1-2H3. The van der Waals surface area contributed by atoms with Gasteiger partial charge in [-0.15, -0.1) is 0 Å². The smallest absolute Gasteiger partial charge is 0.227 e. The van der Waals surface area contributed by atoms with E-state index in [2.05, 4.69) is 76.7 Å². The Kier molecular flexibility index (Phi) is 11.9. The molecule has 1 saturated carbocycles. The van der Waals surface area contributed by atoms with Gasteiger partial charge in [0.2, 0.25) is 5.91 Å². The Hall–Kier alpha value is -3.80. The Bertz CT molecular complexity index is 1260. The van der Waals surface area contributed by atoms with Crippen molar-refractivity contribution >= 4 is 28.2 Å². The summed E-state index contributed by atoms with van der Waals surface area (Å²) in [5.41, 5.74) is 5.43. The lowest BCUT2D eigenvalue weighted by molar-refractivity contribution is -0.117. The molecule has 1 amide bonds. The molecule has 39 heavy (non-hydrogen) atoms. The fourth-order valence-electron chi connectivity index (χ4n) is 4.27. The summed E-state index contributed by atoms with van der Waals surface area (Å²) in [6.07, 6.45) is 5.71. The number of nitrogens with one attached hydrogen (secondary N) is 2. The maximum absolute atomic E-state index is 11.4. The van der Waals surface area contributed by atoms with Crippen molar-refractivity contribution in [2.75, 3.05) is 30.4 Å². The molecule has 0 bridgehead atoms. The number of aromatic amines is 1. The third-order valence-corrected chi connectivity index (χ3v) is 6.56. The molecule has 0 unspecified atom stereocenters. The third kappa shape index (κ3) is 8.60. The van der Waals surface area contributed by atoms with Crippen molar-refractivity contribution in [3.05, 3.63) is 72.8 Å². The highest BCUT2D eigenvalue weighted by Gasteiger charge is 2.29. The number of aromatic nitrogens is 2. The van der Waals surface area contributed by atoms with Crippen molar-refractivity contribution in [2.24, 2.45) is 5.92 Å². The molecule has 208 valence electrons. The number of carbonyl (C=O) groups excluding carboxylic acids is 1. The predicted molar refractivity (Wildman–Crippen MR) is 165 cm³/mol. The first-order valence-corrected chi connectivity index (χ1v) is 14.4. The number of unbranched alkanes of at least 4 members (excludes halogenated alkanes) is 1. The van der Waals surface area contributed by atoms with E-state index in [1.807, 2.05) is 44.2 Å². The number of nitrogens with zero attached hydrogens (tertiary/aromatic N) is 2. The number of methoxy groups -OCH3 is 1. The first kappa shape index (κ1) is 29.8. The first-order chi connectivity index (χ1) is 19.1. The summed E-state index contributed by atoms with van der Waals surface area (Å²) in [5.74, 6) is 1.18. The van der Waals surface area contributed by atoms with Crippen LogP contribution in [0.1, 0.15) is 59.8 Å². The van der Waals surface area contributed by atoms with Gasteiger partial charge >= 0.3 is 0 Å². The fourth-order valence-corrected chi connectivity index (χ4v) is 4.27. The van der Waals surface area contributed by atoms with Gasteiger partial charge in [-0.05, 0) is 68.1 Å². The van der Waals surface area contributed by atoms with E-state index >= 15 is 0 Å². The minimum absolute atomic E-state index is 0.134. The summed E-state index contributed by atoms with van der Waals surface area (Å²) in [6.45, 7) is 10.7. The summed E-state index contributed by atoms with van der Waals surface area (Å²) >= 11 is 0. The van der Waals surface area contributed by atoms with E-state index in [1.54, 1.807) is 7.11 Å². The first-order valence-electron chi connectivity index (χ1n) is 14.4. The van der Waals surface area contributed by atoms with Crippen LogP contribution in [-0.4, -0.2) is 36.3 Å². The second-order valence-electron chi connectivity index (χ2n) is 9.50. The van der Waals surface area contributed by atoms with E-state index in [0.29, 0.717) is 0 Å². The van der Waals surface area contributed by atoms with Crippen molar-refractivity contribution in [1.29, 1.82) is 0 Å². The highest BCUT2D eigenvalue weighted by molar-refractivity contribution is 5.94. The maximum Gasteiger partial charge on any atom is 0.227 e. The van der Waals surface area contributed by atoms with Gasteiger partial charge in [-0.1, -0.05) is 64.4 Å². The topological polar surface area (TPSA) is 70.2 Å². The molecule has 0 saturated heterocycles. The molecule has 0 atom stereocenters. The SMILES string of the molecule is CC.CCCCN(CCC)c1ccc(-c2n[nH]c3ccccc23)cc1.COc1ccc(NC(=O)C2CC2)cc1. The molecule has 2 N–H and O–H groups in total. The van der Waals surface area contributed by atoms with Gasteiger partial charge in [0.05, 0.1) is 18.3 Å². The van der Waals surface area contributed by atoms with Crippen LogP contribution < -0.4 is 15.0 Å². The molecular weight excluding hydrogens is 484 g/mol. The minimum atomic E-state index is 0.134. The fraction of sp³-hybridized carbons (Fsp3) is 0.394. The van der Waals surface area contributed by atoms with Crippen LogP contribution in [0.5, 0.6) is 5.75 Å². The highest BCUT2D eigenvalue weighted by atomic mass is 16.5. The Morgan fingerprint density at radius 2 is 1.64 bits per heavy atom. The molecule has 0 aliphatic heterocycles. The van der Waals surface area contributed by atoms with Crippen LogP contribution in [0, 0.1) is 5.92 Å². The summed E-state index contributed by atoms with van der Waals surface area (Å²) in [5, 5.41) is 11.6. The molecule has 3 aromatic carbocycles. The molecule has 1 aliphatic rings. The van der Waals surface area contributed by atoms with E-state index in [9.17, 15) is 4.79 Å². The Balaban J connectivity index is 0.000000224. The lowest BCUT2D eigenvalue weighted by Gasteiger charge is -2.24. The predicted octanol–water partition coefficient (Wildman–Crippen LogP) is 8.32. The van der Waals surface area contributed by atoms with Gasteiger partial charge in [-0.3, -0.25) is 9.89 Å². The van der Waals surface area contributed by atoms with E-state index in [0.717, 1.165) is 54.1 Å². The van der Waals surface area contributed by atoms with Crippen LogP contribution in [-0.2, 0) is 4.79 Å². The summed E-state index contributed by atoms with van der Waals surface area (Å²) in [7, 11) is 1.62. The molecule has 5 rings (SSSR count). The van der Waals surface area contributed by atoms with Crippen LogP contribution in [0.25, 0.3) is 22.2 Å². The van der Waals surface area contributed by atoms with Crippen molar-refractivity contribution in [3.63, 3.8) is 0 Å².